The van der Waals surface area contributed by atoms with Gasteiger partial charge in [0.25, 0.3) is 23.6 Å². The van der Waals surface area contributed by atoms with Crippen molar-refractivity contribution in [2.75, 3.05) is 137 Å². The minimum absolute atomic E-state index is 0.183. The molecule has 662 valence electrons. The molecule has 0 unspecified atom stereocenters. The molecule has 5 aromatic carbocycles. The fraction of sp³-hybridized carbons (Fsp3) is 0.204. The van der Waals surface area contributed by atoms with Gasteiger partial charge in [-0.25, -0.2) is 19.9 Å². The van der Waals surface area contributed by atoms with Crippen molar-refractivity contribution in [3.05, 3.63) is 290 Å². The van der Waals surface area contributed by atoms with Crippen LogP contribution in [0.15, 0.2) is 256 Å². The molecule has 0 bridgehead atoms. The highest BCUT2D eigenvalue weighted by atomic mass is 16.5. The number of hydrogen-bond donors (Lipinski definition) is 10. The minimum Gasteiger partial charge on any atom is -0.456 e. The molecule has 17 aromatic rings. The average molecular weight is 1750 g/mol. The number of ether oxygens (including phenoxy) is 1. The molecule has 131 heavy (non-hydrogen) atoms. The number of piperidine rings is 1. The van der Waals surface area contributed by atoms with Crippen molar-refractivity contribution in [2.45, 2.75) is 38.5 Å². The molecule has 33 heteroatoms. The van der Waals surface area contributed by atoms with Crippen molar-refractivity contribution < 1.29 is 29.0 Å². The molecular weight excluding hydrogens is 1650 g/mol. The number of fused-ring (bicyclic) bond motifs is 4. The Balaban J connectivity index is 0.000000128. The smallest absolute Gasteiger partial charge is 0.276 e. The van der Waals surface area contributed by atoms with Crippen molar-refractivity contribution in [1.29, 1.82) is 0 Å². The quantitative estimate of drug-likeness (QED) is 0.0254. The number of aromatic nitrogens is 16. The van der Waals surface area contributed by atoms with Crippen LogP contribution >= 0.6 is 0 Å². The van der Waals surface area contributed by atoms with Crippen LogP contribution in [-0.2, 0) is 13.1 Å². The molecule has 2 fully saturated rings. The summed E-state index contributed by atoms with van der Waals surface area (Å²) in [7, 11) is 15.5. The van der Waals surface area contributed by atoms with Gasteiger partial charge in [-0.15, -0.1) is 0 Å². The number of hydrogen-bond acceptors (Lipinski definition) is 25. The maximum atomic E-state index is 13.0. The van der Waals surface area contributed by atoms with Crippen LogP contribution in [0.25, 0.3) is 88.1 Å². The first-order valence-electron chi connectivity index (χ1n) is 42.7. The van der Waals surface area contributed by atoms with Crippen LogP contribution < -0.4 is 46.0 Å². The maximum absolute atomic E-state index is 13.0. The van der Waals surface area contributed by atoms with Gasteiger partial charge >= 0.3 is 0 Å². The first-order chi connectivity index (χ1) is 63.7. The highest BCUT2D eigenvalue weighted by Crippen LogP contribution is 2.34. The number of anilines is 8. The Labute approximate surface area is 755 Å². The zero-order valence-corrected chi connectivity index (χ0v) is 73.6. The molecule has 19 rings (SSSR count). The number of H-pyrrole nitrogens is 4. The number of aliphatic hydroxyl groups excluding tert-OH is 1. The highest BCUT2D eigenvalue weighted by Gasteiger charge is 2.24. The summed E-state index contributed by atoms with van der Waals surface area (Å²) in [6.45, 7) is 7.50. The number of carbonyl (C=O) groups excluding carboxylic acids is 4. The second kappa shape index (κ2) is 41.1. The fourth-order valence-corrected chi connectivity index (χ4v) is 14.8. The summed E-state index contributed by atoms with van der Waals surface area (Å²) >= 11 is 0. The van der Waals surface area contributed by atoms with Crippen LogP contribution in [0.5, 0.6) is 11.5 Å². The van der Waals surface area contributed by atoms with Crippen molar-refractivity contribution in [1.82, 2.24) is 95.4 Å². The standard InChI is InChI=1S/C26H29N7O2.C26H22N6O2.C24H25N7O.C22H23N7O/c1-32(2)24-6-4-20(15-28-24)29-26(35)25-22-12-18(3-5-23(22)30-31-25)19-11-17(13-27-14-19)16-33-9-7-21(34)8-10-33;1-32(2)24-11-9-19(15-28-24)29-26(33)25-22-13-17(8-10-23(22)30-31-25)18-12-21(16-27-14-18)34-20-6-4-3-5-7-20;1-30(2)22-7-5-19(14-26-22)27-24(32)23-20-11-17(4-6-21(20)28-29-23)18-10-16(12-25-13-18)15-31-8-3-9-31;1-29(2)11-10-24-20-8-6-17(14-25-20)26-22(30)21-18-12-15(5-7-19(18)27-28-21)16-4-3-9-23-13-16/h3-6,11-15,21,34H,7-10,16H2,1-2H3,(H,29,35)(H,30,31);3-16H,1-2H3,(H,29,33)(H,30,31);4-7,10-14H,3,8-9,15H2,1-2H3,(H,27,32)(H,28,29);3-9,12-14H,10-11H2,1-2H3,(H,24,25)(H,26,30)(H,27,28). The third-order valence-electron chi connectivity index (χ3n) is 22.0. The van der Waals surface area contributed by atoms with E-state index < -0.39 is 0 Å². The number of benzene rings is 5. The average Bonchev–Trinajstić information content (AvgIpc) is 1.69. The molecule has 0 atom stereocenters. The summed E-state index contributed by atoms with van der Waals surface area (Å²) in [6.07, 6.45) is 23.7. The van der Waals surface area contributed by atoms with Gasteiger partial charge in [0.05, 0.1) is 81.9 Å². The molecular formula is C98H99N27O6. The maximum Gasteiger partial charge on any atom is 0.276 e. The molecule has 4 amide bonds. The first-order valence-corrected chi connectivity index (χ1v) is 42.7. The molecule has 12 aromatic heterocycles. The Morgan fingerprint density at radius 1 is 0.382 bits per heavy atom. The van der Waals surface area contributed by atoms with Gasteiger partial charge < -0.3 is 56.0 Å². The zero-order chi connectivity index (χ0) is 90.9. The number of amides is 4. The van der Waals surface area contributed by atoms with E-state index in [-0.39, 0.29) is 29.7 Å². The van der Waals surface area contributed by atoms with E-state index in [4.69, 9.17) is 4.74 Å². The molecule has 0 saturated carbocycles. The number of rotatable bonds is 25. The van der Waals surface area contributed by atoms with E-state index in [2.05, 4.69) is 134 Å². The van der Waals surface area contributed by atoms with Crippen molar-refractivity contribution in [3.63, 3.8) is 0 Å². The predicted molar refractivity (Wildman–Crippen MR) is 513 cm³/mol. The predicted octanol–water partition coefficient (Wildman–Crippen LogP) is 15.2. The van der Waals surface area contributed by atoms with E-state index in [0.717, 1.165) is 183 Å². The van der Waals surface area contributed by atoms with Crippen molar-refractivity contribution in [3.8, 4) is 56.0 Å². The summed E-state index contributed by atoms with van der Waals surface area (Å²) in [4.78, 5) is 98.9. The Hall–Kier alpha value is -16.1. The molecule has 2 aliphatic rings. The first kappa shape index (κ1) is 88.3. The van der Waals surface area contributed by atoms with Crippen LogP contribution in [-0.4, -0.2) is 226 Å². The Kier molecular flexibility index (Phi) is 27.7. The highest BCUT2D eigenvalue weighted by molar-refractivity contribution is 6.14. The Morgan fingerprint density at radius 2 is 0.771 bits per heavy atom. The van der Waals surface area contributed by atoms with Gasteiger partial charge in [0, 0.05) is 169 Å². The fourth-order valence-electron chi connectivity index (χ4n) is 14.8. The number of aromatic amines is 4. The number of aliphatic hydroxyl groups is 1. The lowest BCUT2D eigenvalue weighted by Crippen LogP contribution is -2.36. The van der Waals surface area contributed by atoms with Crippen LogP contribution in [0.2, 0.25) is 0 Å². The summed E-state index contributed by atoms with van der Waals surface area (Å²) in [5.74, 6) is 3.38. The Morgan fingerprint density at radius 3 is 1.14 bits per heavy atom. The van der Waals surface area contributed by atoms with E-state index in [9.17, 15) is 24.3 Å². The van der Waals surface area contributed by atoms with Gasteiger partial charge in [-0.1, -0.05) is 48.5 Å². The molecule has 0 spiro atoms. The molecule has 33 nitrogen and oxygen atoms in total. The van der Waals surface area contributed by atoms with Crippen LogP contribution in [0, 0.1) is 0 Å². The number of nitrogens with zero attached hydrogens (tertiary/aromatic N) is 18. The third-order valence-corrected chi connectivity index (χ3v) is 22.0. The van der Waals surface area contributed by atoms with Crippen LogP contribution in [0.4, 0.5) is 46.0 Å². The zero-order valence-electron chi connectivity index (χ0n) is 73.6. The van der Waals surface area contributed by atoms with Crippen molar-refractivity contribution in [2.24, 2.45) is 0 Å². The topological polar surface area (TPSA) is 395 Å². The SMILES string of the molecule is CN(C)CCNc1ccc(NC(=O)c2n[nH]c3ccc(-c4cccnc4)cc23)cn1.CN(C)c1ccc(NC(=O)c2n[nH]c3ccc(-c4cncc(CN5CCC(O)CC5)c4)cc23)cn1.CN(C)c1ccc(NC(=O)c2n[nH]c3ccc(-c4cncc(CN5CCC5)c4)cc23)cn1.CN(C)c1ccc(NC(=O)c2n[nH]c3ccc(-c4cncc(Oc5ccccc5)c4)cc23)cn1. The molecule has 2 aliphatic heterocycles. The largest absolute Gasteiger partial charge is 0.456 e. The van der Waals surface area contributed by atoms with Crippen molar-refractivity contribution >= 4 is 113 Å². The second-order valence-corrected chi connectivity index (χ2v) is 32.6. The molecule has 0 aliphatic carbocycles. The molecule has 0 radical (unpaired) electrons. The summed E-state index contributed by atoms with van der Waals surface area (Å²) in [5.41, 5.74) is 16.9. The minimum atomic E-state index is -0.318. The van der Waals surface area contributed by atoms with Gasteiger partial charge in [0.2, 0.25) is 0 Å². The molecule has 14 heterocycles. The van der Waals surface area contributed by atoms with Gasteiger partial charge in [-0.05, 0) is 213 Å². The monoisotopic (exact) mass is 1750 g/mol. The van der Waals surface area contributed by atoms with Gasteiger partial charge in [-0.2, -0.15) is 20.4 Å². The third kappa shape index (κ3) is 22.5. The van der Waals surface area contributed by atoms with Gasteiger partial charge in [-0.3, -0.25) is 69.3 Å². The molecule has 2 saturated heterocycles. The van der Waals surface area contributed by atoms with E-state index in [0.29, 0.717) is 56.7 Å². The summed E-state index contributed by atoms with van der Waals surface area (Å²) < 4.78 is 5.91. The van der Waals surface area contributed by atoms with E-state index in [1.165, 1.54) is 12.0 Å². The summed E-state index contributed by atoms with van der Waals surface area (Å²) in [6, 6.07) is 57.8. The number of likely N-dealkylation sites (tertiary alicyclic amines) is 2. The lowest BCUT2D eigenvalue weighted by Gasteiger charge is -2.30. The lowest BCUT2D eigenvalue weighted by molar-refractivity contribution is 0.0792. The second-order valence-electron chi connectivity index (χ2n) is 32.6. The number of pyridine rings is 8. The van der Waals surface area contributed by atoms with E-state index >= 15 is 0 Å². The summed E-state index contributed by atoms with van der Waals surface area (Å²) in [5, 5.41) is 56.2. The lowest BCUT2D eigenvalue weighted by atomic mass is 10.0. The van der Waals surface area contributed by atoms with Gasteiger partial charge in [0.15, 0.2) is 22.8 Å². The number of likely N-dealkylation sites (N-methyl/N-ethyl adjacent to an activating group) is 1. The van der Waals surface area contributed by atoms with E-state index in [1.807, 2.05) is 266 Å². The number of nitrogens with one attached hydrogen (secondary N) is 9. The normalized spacial score (nSPS) is 12.6. The van der Waals surface area contributed by atoms with Gasteiger partial charge in [0.1, 0.15) is 34.8 Å². The van der Waals surface area contributed by atoms with Crippen LogP contribution in [0.3, 0.4) is 0 Å². The Bertz CT molecular complexity index is 6800. The van der Waals surface area contributed by atoms with Crippen LogP contribution in [0.1, 0.15) is 72.3 Å². The molecule has 10 N–H and O–H groups in total. The number of carbonyl (C=O) groups is 4. The number of para-hydroxylation sites is 1. The van der Waals surface area contributed by atoms with E-state index in [1.54, 1.807) is 49.6 Å².